The number of anilines is 1. The van der Waals surface area contributed by atoms with E-state index in [2.05, 4.69) is 15.5 Å². The van der Waals surface area contributed by atoms with E-state index in [9.17, 15) is 18.0 Å². The van der Waals surface area contributed by atoms with Crippen LogP contribution >= 0.6 is 22.9 Å². The number of rotatable bonds is 5. The maximum absolute atomic E-state index is 12.9. The molecule has 0 unspecified atom stereocenters. The van der Waals surface area contributed by atoms with Gasteiger partial charge in [-0.05, 0) is 35.9 Å². The van der Waals surface area contributed by atoms with Gasteiger partial charge in [0, 0.05) is 27.9 Å². The number of nitrogens with zero attached hydrogens (tertiary/aromatic N) is 2. The Balaban J connectivity index is 1.44. The van der Waals surface area contributed by atoms with Gasteiger partial charge in [0.25, 0.3) is 0 Å². The maximum Gasteiger partial charge on any atom is 0.416 e. The topological polar surface area (TPSA) is 68.0 Å². The molecule has 0 spiro atoms. The van der Waals surface area contributed by atoms with Crippen molar-refractivity contribution >= 4 is 44.9 Å². The summed E-state index contributed by atoms with van der Waals surface area (Å²) in [5.41, 5.74) is 0.673. The molecule has 0 aliphatic heterocycles. The second-order valence-corrected chi connectivity index (χ2v) is 7.99. The van der Waals surface area contributed by atoms with Gasteiger partial charge in [-0.1, -0.05) is 28.9 Å². The molecule has 4 aromatic rings. The van der Waals surface area contributed by atoms with Gasteiger partial charge in [-0.2, -0.15) is 13.2 Å². The van der Waals surface area contributed by atoms with Crippen LogP contribution in [0.2, 0.25) is 5.02 Å². The Bertz CT molecular complexity index is 1220. The molecular weight excluding hydrogens is 439 g/mol. The van der Waals surface area contributed by atoms with E-state index in [0.717, 1.165) is 17.5 Å². The number of aromatic nitrogens is 2. The first-order valence-electron chi connectivity index (χ1n) is 8.73. The van der Waals surface area contributed by atoms with Gasteiger partial charge in [-0.25, -0.2) is 4.98 Å². The van der Waals surface area contributed by atoms with Gasteiger partial charge in [0.1, 0.15) is 5.69 Å². The molecule has 1 N–H and O–H groups in total. The van der Waals surface area contributed by atoms with Crippen molar-refractivity contribution in [2.45, 2.75) is 19.0 Å². The van der Waals surface area contributed by atoms with Crippen LogP contribution in [-0.4, -0.2) is 16.0 Å². The zero-order valence-corrected chi connectivity index (χ0v) is 16.7. The molecule has 2 heterocycles. The van der Waals surface area contributed by atoms with E-state index in [-0.39, 0.29) is 23.8 Å². The van der Waals surface area contributed by atoms with Crippen LogP contribution in [0.15, 0.2) is 53.2 Å². The zero-order valence-electron chi connectivity index (χ0n) is 15.2. The van der Waals surface area contributed by atoms with Crippen molar-refractivity contribution < 1.29 is 22.5 Å². The number of alkyl halides is 3. The molecule has 5 nitrogen and oxygen atoms in total. The average molecular weight is 452 g/mol. The van der Waals surface area contributed by atoms with Crippen LogP contribution in [0.25, 0.3) is 11.0 Å². The Labute approximate surface area is 177 Å². The van der Waals surface area contributed by atoms with Crippen molar-refractivity contribution in [3.05, 3.63) is 75.4 Å². The van der Waals surface area contributed by atoms with E-state index in [1.54, 1.807) is 6.07 Å². The van der Waals surface area contributed by atoms with E-state index >= 15 is 0 Å². The SMILES string of the molecule is O=C(Cc1noc2ccccc12)Nc1ncc(Cc2cc(C(F)(F)F)ccc2Cl)s1. The summed E-state index contributed by atoms with van der Waals surface area (Å²) >= 11 is 7.21. The van der Waals surface area contributed by atoms with Crippen LogP contribution in [0.3, 0.4) is 0 Å². The van der Waals surface area contributed by atoms with Crippen molar-refractivity contribution in [2.75, 3.05) is 5.32 Å². The molecule has 10 heteroatoms. The highest BCUT2D eigenvalue weighted by atomic mass is 35.5. The lowest BCUT2D eigenvalue weighted by atomic mass is 10.1. The highest BCUT2D eigenvalue weighted by Crippen LogP contribution is 2.33. The quantitative estimate of drug-likeness (QED) is 0.421. The molecule has 0 saturated heterocycles. The fraction of sp³-hybridized carbons (Fsp3) is 0.150. The van der Waals surface area contributed by atoms with E-state index in [0.29, 0.717) is 26.8 Å². The molecule has 0 radical (unpaired) electrons. The number of halogens is 4. The summed E-state index contributed by atoms with van der Waals surface area (Å²) in [4.78, 5) is 17.1. The lowest BCUT2D eigenvalue weighted by molar-refractivity contribution is -0.137. The number of nitrogens with one attached hydrogen (secondary N) is 1. The van der Waals surface area contributed by atoms with Gasteiger partial charge in [0.05, 0.1) is 12.0 Å². The highest BCUT2D eigenvalue weighted by molar-refractivity contribution is 7.15. The molecule has 2 aromatic heterocycles. The van der Waals surface area contributed by atoms with Gasteiger partial charge in [-0.15, -0.1) is 11.3 Å². The van der Waals surface area contributed by atoms with Gasteiger partial charge < -0.3 is 9.84 Å². The molecule has 4 rings (SSSR count). The van der Waals surface area contributed by atoms with Crippen molar-refractivity contribution in [2.24, 2.45) is 0 Å². The minimum atomic E-state index is -4.45. The van der Waals surface area contributed by atoms with Crippen LogP contribution < -0.4 is 5.32 Å². The predicted molar refractivity (Wildman–Crippen MR) is 108 cm³/mol. The number of para-hydroxylation sites is 1. The molecule has 30 heavy (non-hydrogen) atoms. The summed E-state index contributed by atoms with van der Waals surface area (Å²) in [7, 11) is 0. The zero-order chi connectivity index (χ0) is 21.3. The lowest BCUT2D eigenvalue weighted by Crippen LogP contribution is -2.14. The molecule has 2 aromatic carbocycles. The number of hydrogen-bond acceptors (Lipinski definition) is 5. The standard InChI is InChI=1S/C20H13ClF3N3O2S/c21-15-6-5-12(20(22,23)24)7-11(15)8-13-10-25-19(30-13)26-18(28)9-16-14-3-1-2-4-17(14)29-27-16/h1-7,10H,8-9H2,(H,25,26,28). The number of amides is 1. The van der Waals surface area contributed by atoms with Crippen LogP contribution in [0.5, 0.6) is 0 Å². The van der Waals surface area contributed by atoms with Gasteiger partial charge in [-0.3, -0.25) is 4.79 Å². The fourth-order valence-electron chi connectivity index (χ4n) is 2.90. The number of carbonyl (C=O) groups is 1. The van der Waals surface area contributed by atoms with E-state index < -0.39 is 11.7 Å². The molecule has 0 bridgehead atoms. The van der Waals surface area contributed by atoms with Crippen molar-refractivity contribution in [3.8, 4) is 0 Å². The molecule has 0 atom stereocenters. The van der Waals surface area contributed by atoms with Crippen LogP contribution in [-0.2, 0) is 23.8 Å². The first kappa shape index (κ1) is 20.4. The molecular formula is C20H13ClF3N3O2S. The van der Waals surface area contributed by atoms with Crippen LogP contribution in [0.1, 0.15) is 21.7 Å². The Morgan fingerprint density at radius 2 is 2.00 bits per heavy atom. The minimum Gasteiger partial charge on any atom is -0.356 e. The third-order valence-corrected chi connectivity index (χ3v) is 5.60. The van der Waals surface area contributed by atoms with Gasteiger partial charge >= 0.3 is 6.18 Å². The van der Waals surface area contributed by atoms with Crippen molar-refractivity contribution in [1.82, 2.24) is 10.1 Å². The second kappa shape index (κ2) is 8.08. The van der Waals surface area contributed by atoms with E-state index in [1.165, 1.54) is 23.6 Å². The number of thiazole rings is 1. The summed E-state index contributed by atoms with van der Waals surface area (Å²) in [5, 5.41) is 7.92. The number of benzene rings is 2. The smallest absolute Gasteiger partial charge is 0.356 e. The summed E-state index contributed by atoms with van der Waals surface area (Å²) in [6.07, 6.45) is -2.77. The normalized spacial score (nSPS) is 11.7. The highest BCUT2D eigenvalue weighted by Gasteiger charge is 2.31. The second-order valence-electron chi connectivity index (χ2n) is 6.46. The molecule has 0 aliphatic rings. The van der Waals surface area contributed by atoms with Crippen molar-refractivity contribution in [1.29, 1.82) is 0 Å². The first-order chi connectivity index (χ1) is 14.3. The monoisotopic (exact) mass is 451 g/mol. The first-order valence-corrected chi connectivity index (χ1v) is 9.92. The van der Waals surface area contributed by atoms with Gasteiger partial charge in [0.15, 0.2) is 10.7 Å². The molecule has 0 fully saturated rings. The van der Waals surface area contributed by atoms with Crippen LogP contribution in [0, 0.1) is 0 Å². The predicted octanol–water partition coefficient (Wildman–Crippen LogP) is 5.73. The summed E-state index contributed by atoms with van der Waals surface area (Å²) < 4.78 is 44.0. The Hall–Kier alpha value is -2.91. The van der Waals surface area contributed by atoms with Gasteiger partial charge in [0.2, 0.25) is 5.91 Å². The molecule has 1 amide bonds. The summed E-state index contributed by atoms with van der Waals surface area (Å²) in [6.45, 7) is 0. The van der Waals surface area contributed by atoms with E-state index in [4.69, 9.17) is 16.1 Å². The minimum absolute atomic E-state index is 0.00534. The fourth-order valence-corrected chi connectivity index (χ4v) is 3.94. The third kappa shape index (κ3) is 4.47. The van der Waals surface area contributed by atoms with Crippen molar-refractivity contribution in [3.63, 3.8) is 0 Å². The maximum atomic E-state index is 12.9. The number of fused-ring (bicyclic) bond motifs is 1. The summed E-state index contributed by atoms with van der Waals surface area (Å²) in [5.74, 6) is -0.327. The molecule has 154 valence electrons. The third-order valence-electron chi connectivity index (χ3n) is 4.32. The van der Waals surface area contributed by atoms with Crippen LogP contribution in [0.4, 0.5) is 18.3 Å². The lowest BCUT2D eigenvalue weighted by Gasteiger charge is -2.09. The Morgan fingerprint density at radius 1 is 1.20 bits per heavy atom. The number of hydrogen-bond donors (Lipinski definition) is 1. The molecule has 0 saturated carbocycles. The Kier molecular flexibility index (Phi) is 5.48. The number of carbonyl (C=O) groups excluding carboxylic acids is 1. The van der Waals surface area contributed by atoms with E-state index in [1.807, 2.05) is 18.2 Å². The largest absolute Gasteiger partial charge is 0.416 e. The Morgan fingerprint density at radius 3 is 2.80 bits per heavy atom. The molecule has 0 aliphatic carbocycles. The average Bonchev–Trinajstić information content (AvgIpc) is 3.30. The summed E-state index contributed by atoms with van der Waals surface area (Å²) in [6, 6.07) is 10.4.